The van der Waals surface area contributed by atoms with Crippen molar-refractivity contribution < 1.29 is 14.6 Å². The first kappa shape index (κ1) is 14.0. The third-order valence-corrected chi connectivity index (χ3v) is 3.48. The molecule has 1 aliphatic carbocycles. The molecule has 22 heavy (non-hydrogen) atoms. The number of hydrogen-bond donors (Lipinski definition) is 1. The highest BCUT2D eigenvalue weighted by Gasteiger charge is 2.30. The van der Waals surface area contributed by atoms with Gasteiger partial charge in [0.15, 0.2) is 5.78 Å². The van der Waals surface area contributed by atoms with E-state index in [4.69, 9.17) is 4.74 Å². The van der Waals surface area contributed by atoms with Crippen molar-refractivity contribution in [1.82, 2.24) is 4.98 Å². The summed E-state index contributed by atoms with van der Waals surface area (Å²) in [5.74, 6) is 0.252. The van der Waals surface area contributed by atoms with E-state index >= 15 is 0 Å². The first-order valence-corrected chi connectivity index (χ1v) is 6.75. The van der Waals surface area contributed by atoms with E-state index in [1.165, 1.54) is 7.11 Å². The fraction of sp³-hybridized carbons (Fsp3) is 0.118. The normalized spacial score (nSPS) is 14.3. The number of aliphatic hydroxyl groups is 1. The molecule has 2 aromatic rings. The number of ketones is 1. The molecule has 0 bridgehead atoms. The summed E-state index contributed by atoms with van der Waals surface area (Å²) >= 11 is 0. The molecule has 1 heterocycles. The SMILES string of the molecule is COc1ccc(N=C(C)C2=C(O)c3ccccc3C2=O)cn1. The number of methoxy groups -OCH3 is 1. The Morgan fingerprint density at radius 1 is 1.18 bits per heavy atom. The van der Waals surface area contributed by atoms with E-state index in [0.717, 1.165) is 0 Å². The monoisotopic (exact) mass is 294 g/mol. The van der Waals surface area contributed by atoms with Gasteiger partial charge in [0.1, 0.15) is 5.76 Å². The van der Waals surface area contributed by atoms with Crippen LogP contribution in [-0.4, -0.2) is 28.7 Å². The largest absolute Gasteiger partial charge is 0.506 e. The molecule has 0 aliphatic heterocycles. The van der Waals surface area contributed by atoms with E-state index in [9.17, 15) is 9.90 Å². The second kappa shape index (κ2) is 5.44. The van der Waals surface area contributed by atoms with Crippen molar-refractivity contribution in [1.29, 1.82) is 0 Å². The van der Waals surface area contributed by atoms with E-state index < -0.39 is 0 Å². The van der Waals surface area contributed by atoms with Gasteiger partial charge in [0.25, 0.3) is 0 Å². The lowest BCUT2D eigenvalue weighted by Gasteiger charge is -2.03. The number of rotatable bonds is 3. The van der Waals surface area contributed by atoms with E-state index in [1.54, 1.807) is 49.5 Å². The number of allylic oxidation sites excluding steroid dienone is 1. The lowest BCUT2D eigenvalue weighted by atomic mass is 10.1. The molecule has 0 fully saturated rings. The Labute approximate surface area is 127 Å². The smallest absolute Gasteiger partial charge is 0.213 e. The molecule has 1 aromatic heterocycles. The molecule has 1 aromatic carbocycles. The summed E-state index contributed by atoms with van der Waals surface area (Å²) in [4.78, 5) is 20.8. The van der Waals surface area contributed by atoms with Crippen LogP contribution in [0.15, 0.2) is 53.2 Å². The fourth-order valence-electron chi connectivity index (χ4n) is 2.41. The van der Waals surface area contributed by atoms with Crippen LogP contribution in [0, 0.1) is 0 Å². The zero-order chi connectivity index (χ0) is 15.7. The number of carbonyl (C=O) groups is 1. The molecule has 0 saturated carbocycles. The summed E-state index contributed by atoms with van der Waals surface area (Å²) in [6, 6.07) is 10.4. The summed E-state index contributed by atoms with van der Waals surface area (Å²) < 4.78 is 4.99. The fourth-order valence-corrected chi connectivity index (χ4v) is 2.41. The van der Waals surface area contributed by atoms with E-state index in [0.29, 0.717) is 28.4 Å². The van der Waals surface area contributed by atoms with E-state index in [-0.39, 0.29) is 17.1 Å². The van der Waals surface area contributed by atoms with Crippen LogP contribution < -0.4 is 4.74 Å². The van der Waals surface area contributed by atoms with Crippen molar-refractivity contribution in [3.63, 3.8) is 0 Å². The number of hydrogen-bond acceptors (Lipinski definition) is 5. The van der Waals surface area contributed by atoms with Gasteiger partial charge in [-0.15, -0.1) is 0 Å². The minimum atomic E-state index is -0.212. The third-order valence-electron chi connectivity index (χ3n) is 3.48. The van der Waals surface area contributed by atoms with Crippen molar-refractivity contribution in [3.8, 4) is 5.88 Å². The molecule has 0 atom stereocenters. The van der Waals surface area contributed by atoms with Gasteiger partial charge >= 0.3 is 0 Å². The standard InChI is InChI=1S/C17H14N2O3/c1-10(19-11-7-8-14(22-2)18-9-11)15-16(20)12-5-3-4-6-13(12)17(15)21/h3-9,20H,1-2H3. The van der Waals surface area contributed by atoms with Crippen molar-refractivity contribution >= 4 is 22.9 Å². The van der Waals surface area contributed by atoms with Crippen LogP contribution in [0.5, 0.6) is 5.88 Å². The van der Waals surface area contributed by atoms with E-state index in [1.807, 2.05) is 0 Å². The maximum absolute atomic E-state index is 12.4. The average Bonchev–Trinajstić information content (AvgIpc) is 2.80. The highest BCUT2D eigenvalue weighted by atomic mass is 16.5. The second-order valence-electron chi connectivity index (χ2n) is 4.85. The van der Waals surface area contributed by atoms with Gasteiger partial charge < -0.3 is 9.84 Å². The average molecular weight is 294 g/mol. The Kier molecular flexibility index (Phi) is 3.47. The molecular formula is C17H14N2O3. The van der Waals surface area contributed by atoms with Crippen LogP contribution in [0.4, 0.5) is 5.69 Å². The quantitative estimate of drug-likeness (QED) is 0.881. The van der Waals surface area contributed by atoms with Crippen molar-refractivity contribution in [2.75, 3.05) is 7.11 Å². The first-order valence-electron chi connectivity index (χ1n) is 6.75. The highest BCUT2D eigenvalue weighted by Crippen LogP contribution is 2.32. The molecule has 3 rings (SSSR count). The summed E-state index contributed by atoms with van der Waals surface area (Å²) in [6.07, 6.45) is 1.55. The summed E-state index contributed by atoms with van der Waals surface area (Å²) in [7, 11) is 1.54. The van der Waals surface area contributed by atoms with Crippen LogP contribution in [0.3, 0.4) is 0 Å². The molecular weight excluding hydrogens is 280 g/mol. The van der Waals surface area contributed by atoms with Gasteiger partial charge in [-0.3, -0.25) is 9.79 Å². The summed E-state index contributed by atoms with van der Waals surface area (Å²) in [5.41, 5.74) is 2.31. The lowest BCUT2D eigenvalue weighted by Crippen LogP contribution is -2.07. The topological polar surface area (TPSA) is 71.8 Å². The number of benzene rings is 1. The van der Waals surface area contributed by atoms with Crippen LogP contribution in [0.2, 0.25) is 0 Å². The van der Waals surface area contributed by atoms with Crippen LogP contribution in [0.1, 0.15) is 22.8 Å². The Morgan fingerprint density at radius 3 is 2.50 bits per heavy atom. The molecule has 1 aliphatic rings. The molecule has 110 valence electrons. The van der Waals surface area contributed by atoms with Crippen LogP contribution >= 0.6 is 0 Å². The molecule has 0 radical (unpaired) electrons. The maximum atomic E-state index is 12.4. The second-order valence-corrected chi connectivity index (χ2v) is 4.85. The van der Waals surface area contributed by atoms with Gasteiger partial charge in [-0.2, -0.15) is 0 Å². The number of aliphatic hydroxyl groups excluding tert-OH is 1. The minimum Gasteiger partial charge on any atom is -0.506 e. The van der Waals surface area contributed by atoms with E-state index in [2.05, 4.69) is 9.98 Å². The molecule has 5 heteroatoms. The van der Waals surface area contributed by atoms with Crippen LogP contribution in [0.25, 0.3) is 5.76 Å². The molecule has 0 spiro atoms. The molecule has 0 saturated heterocycles. The first-order chi connectivity index (χ1) is 10.6. The van der Waals surface area contributed by atoms with Crippen molar-refractivity contribution in [2.45, 2.75) is 6.92 Å². The number of carbonyl (C=O) groups excluding carboxylic acids is 1. The van der Waals surface area contributed by atoms with Gasteiger partial charge in [0.05, 0.1) is 30.3 Å². The lowest BCUT2D eigenvalue weighted by molar-refractivity contribution is 0.104. The zero-order valence-corrected chi connectivity index (χ0v) is 12.2. The Balaban J connectivity index is 1.98. The number of aromatic nitrogens is 1. The Bertz CT molecular complexity index is 805. The number of pyridine rings is 1. The third kappa shape index (κ3) is 2.26. The van der Waals surface area contributed by atoms with Crippen molar-refractivity contribution in [3.05, 3.63) is 59.3 Å². The van der Waals surface area contributed by atoms with Crippen molar-refractivity contribution in [2.24, 2.45) is 4.99 Å². The number of ether oxygens (including phenoxy) is 1. The van der Waals surface area contributed by atoms with Gasteiger partial charge in [0.2, 0.25) is 5.88 Å². The number of nitrogens with zero attached hydrogens (tertiary/aromatic N) is 2. The van der Waals surface area contributed by atoms with Gasteiger partial charge in [-0.1, -0.05) is 24.3 Å². The maximum Gasteiger partial charge on any atom is 0.213 e. The highest BCUT2D eigenvalue weighted by molar-refractivity contribution is 6.35. The van der Waals surface area contributed by atoms with Crippen LogP contribution in [-0.2, 0) is 0 Å². The predicted octanol–water partition coefficient (Wildman–Crippen LogP) is 3.35. The predicted molar refractivity (Wildman–Crippen MR) is 83.9 cm³/mol. The van der Waals surface area contributed by atoms with Gasteiger partial charge in [-0.05, 0) is 13.0 Å². The number of aliphatic imine (C=N–C) groups is 1. The summed E-state index contributed by atoms with van der Waals surface area (Å²) in [5, 5.41) is 10.3. The zero-order valence-electron chi connectivity index (χ0n) is 12.2. The molecule has 0 unspecified atom stereocenters. The number of fused-ring (bicyclic) bond motifs is 1. The molecule has 5 nitrogen and oxygen atoms in total. The minimum absolute atomic E-state index is 0.0247. The Hall–Kier alpha value is -2.95. The summed E-state index contributed by atoms with van der Waals surface area (Å²) in [6.45, 7) is 1.69. The Morgan fingerprint density at radius 2 is 1.91 bits per heavy atom. The molecule has 1 N–H and O–H groups in total. The van der Waals surface area contributed by atoms with Gasteiger partial charge in [-0.25, -0.2) is 4.98 Å². The molecule has 0 amide bonds. The number of Topliss-reactive ketones (excluding diaryl/α,β-unsaturated/α-hetero) is 1. The van der Waals surface area contributed by atoms with Gasteiger partial charge in [0, 0.05) is 17.2 Å².